The average Bonchev–Trinajstić information content (AvgIpc) is 3.48. The van der Waals surface area contributed by atoms with E-state index in [1.165, 1.54) is 0 Å². The highest BCUT2D eigenvalue weighted by Crippen LogP contribution is 2.60. The largest absolute Gasteiger partial charge is 0.530 e. The van der Waals surface area contributed by atoms with E-state index in [4.69, 9.17) is 63.0 Å². The van der Waals surface area contributed by atoms with Crippen LogP contribution in [0.4, 0.5) is 0 Å². The van der Waals surface area contributed by atoms with Gasteiger partial charge in [-0.15, -0.1) is 0 Å². The molecule has 74 heavy (non-hydrogen) atoms. The van der Waals surface area contributed by atoms with Crippen LogP contribution in [0.5, 0.6) is 40.2 Å². The molecule has 0 fully saturated rings. The molecule has 1 unspecified atom stereocenters. The highest BCUT2D eigenvalue weighted by Gasteiger charge is 2.37. The summed E-state index contributed by atoms with van der Waals surface area (Å²) in [7, 11) is -1.24. The molecule has 0 spiro atoms. The first kappa shape index (κ1) is 53.7. The molecule has 0 saturated heterocycles. The Bertz CT molecular complexity index is 3440. The van der Waals surface area contributed by atoms with Gasteiger partial charge in [-0.2, -0.15) is 0 Å². The van der Waals surface area contributed by atoms with Gasteiger partial charge in [-0.25, -0.2) is 0 Å². The fourth-order valence-corrected chi connectivity index (χ4v) is 12.4. The van der Waals surface area contributed by atoms with Gasteiger partial charge >= 0.3 is 16.8 Å². The maximum atomic E-state index is 10.6. The van der Waals surface area contributed by atoms with Crippen molar-refractivity contribution < 1.29 is 50.7 Å². The Hall–Kier alpha value is -5.08. The third-order valence-corrected chi connectivity index (χ3v) is 15.9. The molecule has 1 aromatic heterocycles. The lowest BCUT2D eigenvalue weighted by Gasteiger charge is -2.31. The number of benzene rings is 7. The fraction of sp³-hybridized carbons (Fsp3) is 0.345. The molecule has 8 aromatic rings. The van der Waals surface area contributed by atoms with E-state index in [1.54, 1.807) is 14.2 Å². The molecule has 1 aliphatic rings. The van der Waals surface area contributed by atoms with E-state index in [0.29, 0.717) is 67.9 Å². The molecular formula is C58H63Cl2O11P3. The molecule has 2 heterocycles. The Labute approximate surface area is 446 Å². The first-order valence-corrected chi connectivity index (χ1v) is 29.6. The molecule has 0 saturated carbocycles. The van der Waals surface area contributed by atoms with Gasteiger partial charge in [0.25, 0.3) is 6.85 Å². The molecule has 7 aromatic carbocycles. The van der Waals surface area contributed by atoms with Crippen molar-refractivity contribution in [3.8, 4) is 51.4 Å². The van der Waals surface area contributed by atoms with E-state index in [1.807, 2.05) is 84.9 Å². The molecule has 390 valence electrons. The minimum absolute atomic E-state index is 0.177. The number of methoxy groups -OCH3 is 2. The second-order valence-corrected chi connectivity index (χ2v) is 27.6. The van der Waals surface area contributed by atoms with Crippen LogP contribution in [0.2, 0.25) is 0 Å². The summed E-state index contributed by atoms with van der Waals surface area (Å²) in [6.45, 7) is 22.9. The summed E-state index contributed by atoms with van der Waals surface area (Å²) in [5, 5.41) is 25.8. The van der Waals surface area contributed by atoms with Crippen LogP contribution in [0, 0.1) is 0 Å². The zero-order valence-electron chi connectivity index (χ0n) is 44.2. The number of fused-ring (bicyclic) bond motifs is 5. The summed E-state index contributed by atoms with van der Waals surface area (Å²) in [5.41, 5.74) is 5.43. The first-order valence-electron chi connectivity index (χ1n) is 24.3. The van der Waals surface area contributed by atoms with Gasteiger partial charge in [0.15, 0.2) is 5.75 Å². The molecular weight excluding hydrogens is 1040 g/mol. The highest BCUT2D eigenvalue weighted by molar-refractivity contribution is 8.00. The van der Waals surface area contributed by atoms with Crippen LogP contribution in [-0.4, -0.2) is 24.4 Å². The van der Waals surface area contributed by atoms with E-state index >= 15 is 0 Å². The van der Waals surface area contributed by atoms with Crippen LogP contribution >= 0.6 is 46.2 Å². The Morgan fingerprint density at radius 1 is 0.541 bits per heavy atom. The monoisotopic (exact) mass is 1100 g/mol. The average molecular weight is 1100 g/mol. The Morgan fingerprint density at radius 2 is 1.03 bits per heavy atom. The number of hydrogen-bond donors (Lipinski definition) is 2. The zero-order chi connectivity index (χ0) is 53.4. The smallest absolute Gasteiger partial charge is 0.497 e. The van der Waals surface area contributed by atoms with Gasteiger partial charge in [0.1, 0.15) is 45.7 Å². The second kappa shape index (κ2) is 20.1. The van der Waals surface area contributed by atoms with Gasteiger partial charge in [-0.3, -0.25) is 0 Å². The number of aliphatic hydroxyl groups is 2. The predicted octanol–water partition coefficient (Wildman–Crippen LogP) is 18.5. The van der Waals surface area contributed by atoms with Crippen LogP contribution in [0.1, 0.15) is 116 Å². The van der Waals surface area contributed by atoms with Gasteiger partial charge in [-0.1, -0.05) is 107 Å². The normalized spacial score (nSPS) is 14.1. The molecule has 0 aliphatic carbocycles. The number of rotatable bonds is 11. The van der Waals surface area contributed by atoms with E-state index < -0.39 is 45.4 Å². The molecule has 11 nitrogen and oxygen atoms in total. The van der Waals surface area contributed by atoms with Crippen molar-refractivity contribution in [2.24, 2.45) is 0 Å². The van der Waals surface area contributed by atoms with Gasteiger partial charge in [-0.05, 0) is 133 Å². The highest BCUT2D eigenvalue weighted by atomic mass is 35.9. The van der Waals surface area contributed by atoms with Crippen LogP contribution < -0.4 is 32.1 Å². The van der Waals surface area contributed by atoms with Gasteiger partial charge in [0, 0.05) is 44.2 Å². The number of aliphatic hydroxyl groups excluding tert-OH is 2. The minimum Gasteiger partial charge on any atom is -0.497 e. The molecule has 2 N–H and O–H groups in total. The third kappa shape index (κ3) is 10.4. The minimum atomic E-state index is -2.25. The molecule has 0 bridgehead atoms. The maximum absolute atomic E-state index is 10.6. The number of ether oxygens (including phenoxy) is 2. The van der Waals surface area contributed by atoms with Crippen molar-refractivity contribution in [2.75, 3.05) is 14.2 Å². The number of hydrogen-bond acceptors (Lipinski definition) is 11. The van der Waals surface area contributed by atoms with Crippen LogP contribution in [0.25, 0.3) is 54.6 Å². The van der Waals surface area contributed by atoms with E-state index in [2.05, 4.69) is 89.2 Å². The summed E-state index contributed by atoms with van der Waals surface area (Å²) >= 11 is 13.0. The summed E-state index contributed by atoms with van der Waals surface area (Å²) in [6.07, 6.45) is 0. The molecule has 1 aliphatic heterocycles. The lowest BCUT2D eigenvalue weighted by Crippen LogP contribution is -2.16. The fourth-order valence-electron chi connectivity index (χ4n) is 9.42. The molecule has 0 amide bonds. The van der Waals surface area contributed by atoms with Crippen molar-refractivity contribution in [3.05, 3.63) is 124 Å². The molecule has 16 heteroatoms. The van der Waals surface area contributed by atoms with E-state index in [9.17, 15) is 10.2 Å². The van der Waals surface area contributed by atoms with Gasteiger partial charge in [0.05, 0.1) is 38.2 Å². The summed E-state index contributed by atoms with van der Waals surface area (Å²) in [4.78, 5) is 0. The van der Waals surface area contributed by atoms with Crippen molar-refractivity contribution in [2.45, 2.75) is 118 Å². The maximum Gasteiger partial charge on any atom is 0.530 e. The van der Waals surface area contributed by atoms with Crippen molar-refractivity contribution in [1.29, 1.82) is 0 Å². The van der Waals surface area contributed by atoms with E-state index in [-0.39, 0.29) is 13.2 Å². The van der Waals surface area contributed by atoms with Crippen LogP contribution in [0.3, 0.4) is 0 Å². The summed E-state index contributed by atoms with van der Waals surface area (Å²) < 4.78 is 60.5. The molecule has 0 radical (unpaired) electrons. The lowest BCUT2D eigenvalue weighted by molar-refractivity contribution is 0.281. The summed E-state index contributed by atoms with van der Waals surface area (Å²) in [6, 6.07) is 29.3. The van der Waals surface area contributed by atoms with Gasteiger partial charge in [0.2, 0.25) is 0 Å². The van der Waals surface area contributed by atoms with Gasteiger partial charge < -0.3 is 50.7 Å². The van der Waals surface area contributed by atoms with Crippen LogP contribution in [-0.2, 0) is 34.9 Å². The summed E-state index contributed by atoms with van der Waals surface area (Å²) in [5.74, 6) is 3.65. The molecule has 9 rings (SSSR count). The van der Waals surface area contributed by atoms with Crippen LogP contribution in [0.15, 0.2) is 99.4 Å². The van der Waals surface area contributed by atoms with Crippen molar-refractivity contribution in [1.82, 2.24) is 0 Å². The standard InChI is InChI=1S/C58H63Cl2O11P3/c1-55(2,3)42-23-32(30-61)21-38-39-22-33(31-62)24-43(56(4,5)6)52(39)69-73(68-51(38)42)65-46-19-15-17-34-25-35-18-16-20-47-49(35)54(48(34)46)71-74(66-47)70-53-41(27-37(64-14)29-45(53)58(10,11)12)40-26-36(63-13)28-44(57(7,8)9)50(40)67-72(59)60/h15-29,61-62H,30-31H2,1-14H3. The SMILES string of the molecule is COc1cc(-c2cc(OC)cc(C(C)(C)C)c2OP2Oc3cccc4cc5cccc(Op6oc7c(C(C)(C)C)cc(CO)cc7c7cc(CO)cc(C(C)(C)C)c7o6)c5c(c34)O2)c(OP(Cl)Cl)c(C(C)(C)C)c1. The first-order chi connectivity index (χ1) is 34.8. The number of halogens is 2. The lowest BCUT2D eigenvalue weighted by atomic mass is 9.81. The van der Waals surface area contributed by atoms with E-state index in [0.717, 1.165) is 60.3 Å². The Balaban J connectivity index is 1.27. The Morgan fingerprint density at radius 3 is 1.51 bits per heavy atom. The predicted molar refractivity (Wildman–Crippen MR) is 303 cm³/mol. The second-order valence-electron chi connectivity index (χ2n) is 22.7. The quantitative estimate of drug-likeness (QED) is 0.0948. The third-order valence-electron chi connectivity index (χ3n) is 13.1. The Kier molecular flexibility index (Phi) is 14.6. The van der Waals surface area contributed by atoms with Crippen molar-refractivity contribution >= 4 is 89.7 Å². The topological polar surface area (TPSA) is 131 Å². The zero-order valence-corrected chi connectivity index (χ0v) is 48.4. The molecule has 1 atom stereocenters. The van der Waals surface area contributed by atoms with Crippen molar-refractivity contribution in [3.63, 3.8) is 0 Å².